The fraction of sp³-hybridized carbons (Fsp3) is 0.450. The van der Waals surface area contributed by atoms with E-state index in [0.717, 1.165) is 0 Å². The molecule has 0 spiro atoms. The zero-order valence-electron chi connectivity index (χ0n) is 15.8. The number of benzene rings is 1. The number of hydrogen-bond acceptors (Lipinski definition) is 3. The Kier molecular flexibility index (Phi) is 5.14. The van der Waals surface area contributed by atoms with Gasteiger partial charge in [-0.15, -0.1) is 0 Å². The quantitative estimate of drug-likeness (QED) is 0.588. The van der Waals surface area contributed by atoms with Crippen molar-refractivity contribution in [2.24, 2.45) is 5.92 Å². The summed E-state index contributed by atoms with van der Waals surface area (Å²) in [7, 11) is 0. The third kappa shape index (κ3) is 3.66. The second-order valence-corrected chi connectivity index (χ2v) is 7.82. The van der Waals surface area contributed by atoms with Gasteiger partial charge in [0.15, 0.2) is 11.2 Å². The minimum Gasteiger partial charge on any atom is -0.315 e. The molecule has 4 rings (SSSR count). The average molecular weight is 425 g/mol. The minimum atomic E-state index is -4.18. The van der Waals surface area contributed by atoms with Gasteiger partial charge < -0.3 is 4.57 Å². The normalized spacial score (nSPS) is 20.3. The molecule has 1 aliphatic carbocycles. The number of rotatable bonds is 3. The maximum Gasteiger partial charge on any atom is 0.391 e. The summed E-state index contributed by atoms with van der Waals surface area (Å²) in [5.74, 6) is -1.04. The second-order valence-electron chi connectivity index (χ2n) is 7.38. The molecule has 0 atom stereocenters. The number of aryl methyl sites for hydroxylation is 1. The summed E-state index contributed by atoms with van der Waals surface area (Å²) in [5.41, 5.74) is 0.968. The molecule has 2 aromatic heterocycles. The standard InChI is InChI=1S/C20H20ClF3N4O/c1-2-27-11-25-16-18(27)26-17(12-3-5-13(6-4-12)20(22,23)24)28(19(16)29)15-9-7-14(21)8-10-15/h7-13H,2-6H2,1H3. The highest BCUT2D eigenvalue weighted by Crippen LogP contribution is 2.42. The first-order chi connectivity index (χ1) is 13.8. The third-order valence-corrected chi connectivity index (χ3v) is 5.90. The maximum atomic E-state index is 13.3. The topological polar surface area (TPSA) is 52.7 Å². The first-order valence-corrected chi connectivity index (χ1v) is 9.97. The first kappa shape index (κ1) is 19.9. The van der Waals surface area contributed by atoms with Crippen LogP contribution in [0.2, 0.25) is 5.02 Å². The van der Waals surface area contributed by atoms with E-state index in [1.807, 2.05) is 6.92 Å². The Bertz CT molecular complexity index is 1080. The predicted octanol–water partition coefficient (Wildman–Crippen LogP) is 5.09. The van der Waals surface area contributed by atoms with Crippen molar-refractivity contribution in [1.29, 1.82) is 0 Å². The van der Waals surface area contributed by atoms with Gasteiger partial charge in [0, 0.05) is 17.5 Å². The lowest BCUT2D eigenvalue weighted by molar-refractivity contribution is -0.182. The van der Waals surface area contributed by atoms with Crippen molar-refractivity contribution < 1.29 is 13.2 Å². The number of hydrogen-bond donors (Lipinski definition) is 0. The van der Waals surface area contributed by atoms with E-state index in [4.69, 9.17) is 16.6 Å². The summed E-state index contributed by atoms with van der Waals surface area (Å²) in [4.78, 5) is 22.2. The van der Waals surface area contributed by atoms with E-state index in [-0.39, 0.29) is 29.8 Å². The number of fused-ring (bicyclic) bond motifs is 1. The van der Waals surface area contributed by atoms with E-state index >= 15 is 0 Å². The van der Waals surface area contributed by atoms with E-state index in [9.17, 15) is 18.0 Å². The van der Waals surface area contributed by atoms with Crippen molar-refractivity contribution in [3.63, 3.8) is 0 Å². The average Bonchev–Trinajstić information content (AvgIpc) is 3.12. The molecule has 0 amide bonds. The zero-order chi connectivity index (χ0) is 20.8. The third-order valence-electron chi connectivity index (χ3n) is 5.65. The molecule has 0 saturated heterocycles. The summed E-state index contributed by atoms with van der Waals surface area (Å²) in [5, 5.41) is 0.526. The molecule has 0 bridgehead atoms. The van der Waals surface area contributed by atoms with E-state index in [1.54, 1.807) is 35.2 Å². The molecule has 9 heteroatoms. The molecule has 1 saturated carbocycles. The van der Waals surface area contributed by atoms with Crippen LogP contribution in [0.4, 0.5) is 13.2 Å². The Morgan fingerprint density at radius 2 is 1.79 bits per heavy atom. The van der Waals surface area contributed by atoms with E-state index < -0.39 is 12.1 Å². The Hall–Kier alpha value is -2.35. The van der Waals surface area contributed by atoms with E-state index in [0.29, 0.717) is 41.6 Å². The molecule has 2 heterocycles. The SMILES string of the molecule is CCn1cnc2c(=O)n(-c3ccc(Cl)cc3)c(C3CCC(C(F)(F)F)CC3)nc21. The molecular weight excluding hydrogens is 405 g/mol. The lowest BCUT2D eigenvalue weighted by Gasteiger charge is -2.30. The molecule has 5 nitrogen and oxygen atoms in total. The molecule has 0 aliphatic heterocycles. The van der Waals surface area contributed by atoms with Gasteiger partial charge in [-0.2, -0.15) is 13.2 Å². The molecule has 0 unspecified atom stereocenters. The molecule has 29 heavy (non-hydrogen) atoms. The Balaban J connectivity index is 1.84. The van der Waals surface area contributed by atoms with Crippen molar-refractivity contribution in [2.75, 3.05) is 0 Å². The van der Waals surface area contributed by atoms with Gasteiger partial charge in [-0.1, -0.05) is 11.6 Å². The number of halogens is 4. The van der Waals surface area contributed by atoms with E-state index in [1.165, 1.54) is 4.57 Å². The van der Waals surface area contributed by atoms with Crippen LogP contribution in [0.1, 0.15) is 44.3 Å². The predicted molar refractivity (Wildman–Crippen MR) is 105 cm³/mol. The van der Waals surface area contributed by atoms with Gasteiger partial charge in [-0.3, -0.25) is 9.36 Å². The molecule has 0 N–H and O–H groups in total. The lowest BCUT2D eigenvalue weighted by atomic mass is 9.81. The zero-order valence-corrected chi connectivity index (χ0v) is 16.5. The second kappa shape index (κ2) is 7.48. The smallest absolute Gasteiger partial charge is 0.315 e. The van der Waals surface area contributed by atoms with Crippen LogP contribution in [0.3, 0.4) is 0 Å². The summed E-state index contributed by atoms with van der Waals surface area (Å²) < 4.78 is 42.5. The maximum absolute atomic E-state index is 13.3. The number of aromatic nitrogens is 4. The molecule has 1 aliphatic rings. The number of imidazole rings is 1. The number of nitrogens with zero attached hydrogens (tertiary/aromatic N) is 4. The Labute approximate surface area is 170 Å². The number of alkyl halides is 3. The van der Waals surface area contributed by atoms with Gasteiger partial charge in [0.05, 0.1) is 17.9 Å². The molecule has 0 radical (unpaired) electrons. The van der Waals surface area contributed by atoms with Gasteiger partial charge in [0.2, 0.25) is 0 Å². The Morgan fingerprint density at radius 1 is 1.14 bits per heavy atom. The Morgan fingerprint density at radius 3 is 2.38 bits per heavy atom. The molecule has 154 valence electrons. The molecular formula is C20H20ClF3N4O. The monoisotopic (exact) mass is 424 g/mol. The van der Waals surface area contributed by atoms with Crippen molar-refractivity contribution in [2.45, 2.75) is 51.2 Å². The van der Waals surface area contributed by atoms with Crippen LogP contribution in [0, 0.1) is 5.92 Å². The highest BCUT2D eigenvalue weighted by molar-refractivity contribution is 6.30. The van der Waals surface area contributed by atoms with Gasteiger partial charge in [-0.05, 0) is 56.9 Å². The van der Waals surface area contributed by atoms with Crippen LogP contribution in [0.5, 0.6) is 0 Å². The van der Waals surface area contributed by atoms with Crippen molar-refractivity contribution in [1.82, 2.24) is 19.1 Å². The van der Waals surface area contributed by atoms with Gasteiger partial charge >= 0.3 is 6.18 Å². The fourth-order valence-corrected chi connectivity index (χ4v) is 4.16. The van der Waals surface area contributed by atoms with Crippen LogP contribution in [0.15, 0.2) is 35.4 Å². The van der Waals surface area contributed by atoms with Gasteiger partial charge in [0.25, 0.3) is 5.56 Å². The van der Waals surface area contributed by atoms with Crippen LogP contribution >= 0.6 is 11.6 Å². The largest absolute Gasteiger partial charge is 0.391 e. The fourth-order valence-electron chi connectivity index (χ4n) is 4.04. The van der Waals surface area contributed by atoms with Crippen molar-refractivity contribution in [3.05, 3.63) is 51.8 Å². The molecule has 1 fully saturated rings. The summed E-state index contributed by atoms with van der Waals surface area (Å²) in [6.45, 7) is 2.51. The van der Waals surface area contributed by atoms with Gasteiger partial charge in [0.1, 0.15) is 5.82 Å². The first-order valence-electron chi connectivity index (χ1n) is 9.60. The summed E-state index contributed by atoms with van der Waals surface area (Å²) in [6, 6.07) is 6.75. The highest BCUT2D eigenvalue weighted by Gasteiger charge is 2.42. The van der Waals surface area contributed by atoms with Gasteiger partial charge in [-0.25, -0.2) is 9.97 Å². The minimum absolute atomic E-state index is 0.0374. The lowest BCUT2D eigenvalue weighted by Crippen LogP contribution is -2.31. The van der Waals surface area contributed by atoms with Crippen LogP contribution in [-0.4, -0.2) is 25.3 Å². The summed E-state index contributed by atoms with van der Waals surface area (Å²) >= 11 is 5.98. The van der Waals surface area contributed by atoms with E-state index in [2.05, 4.69) is 4.98 Å². The summed E-state index contributed by atoms with van der Waals surface area (Å²) in [6.07, 6.45) is -1.88. The van der Waals surface area contributed by atoms with Crippen molar-refractivity contribution in [3.8, 4) is 5.69 Å². The van der Waals surface area contributed by atoms with Crippen molar-refractivity contribution >= 4 is 22.8 Å². The molecule has 3 aromatic rings. The van der Waals surface area contributed by atoms with Crippen LogP contribution in [0.25, 0.3) is 16.9 Å². The molecule has 1 aromatic carbocycles. The van der Waals surface area contributed by atoms with Crippen LogP contribution in [-0.2, 0) is 6.54 Å². The van der Waals surface area contributed by atoms with Crippen LogP contribution < -0.4 is 5.56 Å². The highest BCUT2D eigenvalue weighted by atomic mass is 35.5.